The molecular weight excluding hydrogens is 232 g/mol. The van der Waals surface area contributed by atoms with Gasteiger partial charge in [-0.1, -0.05) is 13.8 Å². The molecule has 0 amide bonds. The number of rotatable bonds is 4. The zero-order chi connectivity index (χ0) is 12.4. The molecule has 0 aromatic carbocycles. The summed E-state index contributed by atoms with van der Waals surface area (Å²) in [4.78, 5) is 10.2. The fraction of sp³-hybridized carbons (Fsp3) is 0.667. The van der Waals surface area contributed by atoms with E-state index in [1.54, 1.807) is 11.3 Å². The highest BCUT2D eigenvalue weighted by Crippen LogP contribution is 2.24. The van der Waals surface area contributed by atoms with Crippen molar-refractivity contribution in [3.8, 4) is 0 Å². The van der Waals surface area contributed by atoms with Crippen LogP contribution in [0.2, 0.25) is 0 Å². The summed E-state index contributed by atoms with van der Waals surface area (Å²) in [6.07, 6.45) is 2.42. The Balaban J connectivity index is 1.95. The maximum atomic E-state index is 5.78. The summed E-state index contributed by atoms with van der Waals surface area (Å²) in [5.74, 6) is 1.03. The Labute approximate surface area is 106 Å². The molecule has 0 unspecified atom stereocenters. The molecule has 0 bridgehead atoms. The Kier molecular flexibility index (Phi) is 3.66. The predicted molar refractivity (Wildman–Crippen MR) is 72.4 cm³/mol. The topological polar surface area (TPSA) is 63.3 Å². The van der Waals surface area contributed by atoms with Crippen LogP contribution in [0, 0.1) is 6.92 Å². The zero-order valence-corrected chi connectivity index (χ0v) is 11.5. The molecule has 3 N–H and O–H groups in total. The first-order valence-corrected chi connectivity index (χ1v) is 6.90. The van der Waals surface area contributed by atoms with Crippen LogP contribution in [-0.4, -0.2) is 17.0 Å². The fourth-order valence-corrected chi connectivity index (χ4v) is 2.72. The Morgan fingerprint density at radius 1 is 1.59 bits per heavy atom. The van der Waals surface area contributed by atoms with Crippen molar-refractivity contribution in [3.63, 3.8) is 0 Å². The lowest BCUT2D eigenvalue weighted by atomic mass is 10.1. The maximum absolute atomic E-state index is 5.78. The predicted octanol–water partition coefficient (Wildman–Crippen LogP) is 2.14. The number of nitrogens with one attached hydrogen (secondary N) is 1. The normalized spacial score (nSPS) is 16.6. The summed E-state index contributed by atoms with van der Waals surface area (Å²) in [7, 11) is 0. The molecule has 0 spiro atoms. The molecule has 0 radical (unpaired) electrons. The second-order valence-electron chi connectivity index (χ2n) is 4.82. The van der Waals surface area contributed by atoms with Gasteiger partial charge in [0.15, 0.2) is 5.96 Å². The quantitative estimate of drug-likeness (QED) is 0.637. The van der Waals surface area contributed by atoms with Gasteiger partial charge < -0.3 is 11.1 Å². The van der Waals surface area contributed by atoms with Crippen molar-refractivity contribution in [1.29, 1.82) is 0 Å². The van der Waals surface area contributed by atoms with Gasteiger partial charge in [0.1, 0.15) is 5.01 Å². The highest BCUT2D eigenvalue weighted by molar-refractivity contribution is 7.11. The van der Waals surface area contributed by atoms with E-state index in [-0.39, 0.29) is 0 Å². The van der Waals surface area contributed by atoms with Gasteiger partial charge in [-0.3, -0.25) is 0 Å². The third kappa shape index (κ3) is 3.43. The number of hydrogen-bond donors (Lipinski definition) is 2. The minimum atomic E-state index is 0.478. The zero-order valence-electron chi connectivity index (χ0n) is 10.7. The Morgan fingerprint density at radius 2 is 2.29 bits per heavy atom. The molecule has 4 nitrogen and oxygen atoms in total. The number of hydrogen-bond acceptors (Lipinski definition) is 3. The molecule has 1 saturated carbocycles. The first-order chi connectivity index (χ1) is 8.06. The van der Waals surface area contributed by atoms with E-state index >= 15 is 0 Å². The highest BCUT2D eigenvalue weighted by atomic mass is 32.1. The highest BCUT2D eigenvalue weighted by Gasteiger charge is 2.21. The fourth-order valence-electron chi connectivity index (χ4n) is 1.70. The molecule has 2 rings (SSSR count). The van der Waals surface area contributed by atoms with Crippen LogP contribution in [0.3, 0.4) is 0 Å². The number of thiazole rings is 1. The van der Waals surface area contributed by atoms with E-state index in [2.05, 4.69) is 36.1 Å². The van der Waals surface area contributed by atoms with Gasteiger partial charge in [0.05, 0.1) is 12.2 Å². The van der Waals surface area contributed by atoms with E-state index in [0.29, 0.717) is 24.5 Å². The molecule has 1 fully saturated rings. The number of aryl methyl sites for hydroxylation is 1. The molecule has 94 valence electrons. The number of nitrogens with zero attached hydrogens (tertiary/aromatic N) is 2. The number of aromatic nitrogens is 1. The summed E-state index contributed by atoms with van der Waals surface area (Å²) >= 11 is 1.72. The average molecular weight is 252 g/mol. The van der Waals surface area contributed by atoms with Crippen molar-refractivity contribution in [3.05, 3.63) is 15.6 Å². The van der Waals surface area contributed by atoms with Crippen molar-refractivity contribution in [2.24, 2.45) is 10.7 Å². The molecule has 1 aromatic heterocycles. The molecular formula is C12H20N4S. The van der Waals surface area contributed by atoms with Crippen molar-refractivity contribution < 1.29 is 0 Å². The van der Waals surface area contributed by atoms with Gasteiger partial charge in [0.25, 0.3) is 0 Å². The van der Waals surface area contributed by atoms with Gasteiger partial charge in [-0.2, -0.15) is 0 Å². The van der Waals surface area contributed by atoms with E-state index in [1.807, 2.05) is 0 Å². The lowest BCUT2D eigenvalue weighted by Crippen LogP contribution is -2.33. The van der Waals surface area contributed by atoms with Gasteiger partial charge in [0.2, 0.25) is 0 Å². The first kappa shape index (κ1) is 12.4. The summed E-state index contributed by atoms with van der Waals surface area (Å²) in [6, 6.07) is 0.558. The molecule has 0 atom stereocenters. The third-order valence-corrected chi connectivity index (χ3v) is 3.71. The van der Waals surface area contributed by atoms with Crippen molar-refractivity contribution in [2.75, 3.05) is 0 Å². The monoisotopic (exact) mass is 252 g/mol. The van der Waals surface area contributed by atoms with Crippen molar-refractivity contribution in [2.45, 2.75) is 52.1 Å². The molecule has 1 heterocycles. The van der Waals surface area contributed by atoms with E-state index < -0.39 is 0 Å². The second-order valence-corrected chi connectivity index (χ2v) is 6.11. The van der Waals surface area contributed by atoms with Gasteiger partial charge in [-0.25, -0.2) is 9.98 Å². The van der Waals surface area contributed by atoms with Crippen LogP contribution in [0.1, 0.15) is 48.2 Å². The minimum Gasteiger partial charge on any atom is -0.370 e. The van der Waals surface area contributed by atoms with E-state index in [4.69, 9.17) is 5.73 Å². The smallest absolute Gasteiger partial charge is 0.189 e. The third-order valence-electron chi connectivity index (χ3n) is 2.74. The van der Waals surface area contributed by atoms with Gasteiger partial charge in [-0.05, 0) is 25.7 Å². The van der Waals surface area contributed by atoms with Crippen LogP contribution in [0.4, 0.5) is 0 Å². The molecule has 1 aliphatic rings. The van der Waals surface area contributed by atoms with Crippen LogP contribution in [-0.2, 0) is 6.54 Å². The molecule has 17 heavy (non-hydrogen) atoms. The van der Waals surface area contributed by atoms with Crippen molar-refractivity contribution >= 4 is 17.3 Å². The standard InChI is InChI=1S/C12H20N4S/c1-7(2)11-8(3)17-10(16-11)6-14-12(13)15-9-4-5-9/h7,9H,4-6H2,1-3H3,(H3,13,14,15). The summed E-state index contributed by atoms with van der Waals surface area (Å²) < 4.78 is 0. The molecule has 5 heteroatoms. The van der Waals surface area contributed by atoms with E-state index in [0.717, 1.165) is 5.01 Å². The Hall–Kier alpha value is -1.10. The lowest BCUT2D eigenvalue weighted by Gasteiger charge is -2.01. The SMILES string of the molecule is Cc1sc(CN=C(N)NC2CC2)nc1C(C)C. The van der Waals surface area contributed by atoms with Crippen molar-refractivity contribution in [1.82, 2.24) is 10.3 Å². The molecule has 1 aromatic rings. The largest absolute Gasteiger partial charge is 0.370 e. The number of nitrogens with two attached hydrogens (primary N) is 1. The molecule has 0 saturated heterocycles. The molecule has 1 aliphatic carbocycles. The van der Waals surface area contributed by atoms with Crippen LogP contribution < -0.4 is 11.1 Å². The van der Waals surface area contributed by atoms with Crippen LogP contribution in [0.5, 0.6) is 0 Å². The minimum absolute atomic E-state index is 0.478. The van der Waals surface area contributed by atoms with E-state index in [9.17, 15) is 0 Å². The lowest BCUT2D eigenvalue weighted by molar-refractivity contribution is 0.812. The Bertz CT molecular complexity index is 418. The second kappa shape index (κ2) is 5.04. The summed E-state index contributed by atoms with van der Waals surface area (Å²) in [6.45, 7) is 7.03. The van der Waals surface area contributed by atoms with Crippen LogP contribution >= 0.6 is 11.3 Å². The average Bonchev–Trinajstić information content (AvgIpc) is 2.97. The summed E-state index contributed by atoms with van der Waals surface area (Å²) in [5.41, 5.74) is 6.97. The van der Waals surface area contributed by atoms with Gasteiger partial charge >= 0.3 is 0 Å². The summed E-state index contributed by atoms with van der Waals surface area (Å²) in [5, 5.41) is 4.22. The number of aliphatic imine (C=N–C) groups is 1. The first-order valence-electron chi connectivity index (χ1n) is 6.09. The van der Waals surface area contributed by atoms with Crippen LogP contribution in [0.25, 0.3) is 0 Å². The Morgan fingerprint density at radius 3 is 2.82 bits per heavy atom. The number of guanidine groups is 1. The van der Waals surface area contributed by atoms with Gasteiger partial charge in [-0.15, -0.1) is 11.3 Å². The van der Waals surface area contributed by atoms with Gasteiger partial charge in [0, 0.05) is 10.9 Å². The molecule has 0 aliphatic heterocycles. The maximum Gasteiger partial charge on any atom is 0.189 e. The van der Waals surface area contributed by atoms with Crippen LogP contribution in [0.15, 0.2) is 4.99 Å². The van der Waals surface area contributed by atoms with E-state index in [1.165, 1.54) is 23.4 Å².